The molecule has 0 aliphatic carbocycles. The highest BCUT2D eigenvalue weighted by atomic mass is 16.6. The van der Waals surface area contributed by atoms with Crippen LogP contribution in [0, 0.1) is 23.7 Å². The second kappa shape index (κ2) is 7.11. The number of aromatic nitrogens is 4. The number of anilines is 2. The molecule has 0 saturated heterocycles. The zero-order valence-corrected chi connectivity index (χ0v) is 15.8. The summed E-state index contributed by atoms with van der Waals surface area (Å²) in [5.41, 5.74) is 14.5. The van der Waals surface area contributed by atoms with E-state index in [0.29, 0.717) is 46.0 Å². The van der Waals surface area contributed by atoms with Crippen molar-refractivity contribution in [2.75, 3.05) is 17.6 Å². The van der Waals surface area contributed by atoms with Crippen LogP contribution in [0.25, 0.3) is 11.2 Å². The number of carbonyl (C=O) groups is 1. The molecule has 10 heteroatoms. The summed E-state index contributed by atoms with van der Waals surface area (Å²) in [5, 5.41) is 19.9. The number of primary amides is 1. The Bertz CT molecular complexity index is 1100. The number of amides is 1. The first-order chi connectivity index (χ1) is 13.2. The molecule has 0 aliphatic rings. The molecule has 0 aromatic carbocycles. The predicted molar refractivity (Wildman–Crippen MR) is 102 cm³/mol. The third-order valence-electron chi connectivity index (χ3n) is 4.56. The molecule has 1 amide bonds. The first-order valence-electron chi connectivity index (χ1n) is 8.54. The Balaban J connectivity index is 1.92. The van der Waals surface area contributed by atoms with Gasteiger partial charge in [0.2, 0.25) is 11.6 Å². The monoisotopic (exact) mass is 380 g/mol. The fraction of sp³-hybridized carbons (Fsp3) is 0.333. The molecule has 0 bridgehead atoms. The molecule has 0 unspecified atom stereocenters. The maximum absolute atomic E-state index is 11.5. The quantitative estimate of drug-likeness (QED) is 0.570. The van der Waals surface area contributed by atoms with Crippen molar-refractivity contribution >= 4 is 28.6 Å². The molecule has 10 nitrogen and oxygen atoms in total. The molecule has 0 spiro atoms. The lowest BCUT2D eigenvalue weighted by Crippen LogP contribution is -2.37. The summed E-state index contributed by atoms with van der Waals surface area (Å²) in [6, 6.07) is 5.49. The Morgan fingerprint density at radius 3 is 2.75 bits per heavy atom. The highest BCUT2D eigenvalue weighted by Crippen LogP contribution is 2.26. The molecule has 0 aliphatic heterocycles. The number of hydrogen-bond acceptors (Lipinski definition) is 9. The van der Waals surface area contributed by atoms with Crippen LogP contribution in [-0.2, 0) is 11.2 Å². The van der Waals surface area contributed by atoms with Crippen LogP contribution < -0.4 is 16.8 Å². The Kier molecular flexibility index (Phi) is 4.83. The Hall–Kier alpha value is -3.74. The second-order valence-electron chi connectivity index (χ2n) is 7.11. The Labute approximate surface area is 160 Å². The molecule has 0 atom stereocenters. The van der Waals surface area contributed by atoms with E-state index in [1.807, 2.05) is 6.92 Å². The third-order valence-corrected chi connectivity index (χ3v) is 4.56. The van der Waals surface area contributed by atoms with E-state index in [-0.39, 0.29) is 6.54 Å². The number of nitrogen functional groups attached to an aromatic ring is 1. The van der Waals surface area contributed by atoms with Gasteiger partial charge in [-0.3, -0.25) is 4.79 Å². The Morgan fingerprint density at radius 2 is 2.07 bits per heavy atom. The molecule has 0 radical (unpaired) electrons. The molecule has 5 N–H and O–H groups in total. The van der Waals surface area contributed by atoms with Crippen LogP contribution in [0.3, 0.4) is 0 Å². The number of aryl methyl sites for hydroxylation is 1. The highest BCUT2D eigenvalue weighted by Gasteiger charge is 2.25. The van der Waals surface area contributed by atoms with E-state index in [4.69, 9.17) is 16.1 Å². The van der Waals surface area contributed by atoms with E-state index >= 15 is 0 Å². The SMILES string of the molecule is Cc1nc2nonc2c(N)c1Cc1ccc(C#N)c(NCC(C)(C)C(N)=O)n1. The average molecular weight is 380 g/mol. The minimum Gasteiger partial charge on any atom is -0.396 e. The van der Waals surface area contributed by atoms with Gasteiger partial charge in [0.05, 0.1) is 16.7 Å². The van der Waals surface area contributed by atoms with Crippen LogP contribution in [0.1, 0.15) is 36.4 Å². The van der Waals surface area contributed by atoms with Crippen molar-refractivity contribution in [2.24, 2.45) is 11.1 Å². The fourth-order valence-electron chi connectivity index (χ4n) is 2.61. The summed E-state index contributed by atoms with van der Waals surface area (Å²) in [6.45, 7) is 5.50. The van der Waals surface area contributed by atoms with Gasteiger partial charge in [-0.25, -0.2) is 14.6 Å². The number of rotatable bonds is 6. The van der Waals surface area contributed by atoms with E-state index in [2.05, 4.69) is 31.7 Å². The van der Waals surface area contributed by atoms with Gasteiger partial charge < -0.3 is 16.8 Å². The average Bonchev–Trinajstić information content (AvgIpc) is 3.12. The minimum absolute atomic E-state index is 0.243. The largest absolute Gasteiger partial charge is 0.396 e. The predicted octanol–water partition coefficient (Wildman–Crippen LogP) is 1.29. The zero-order chi connectivity index (χ0) is 20.5. The summed E-state index contributed by atoms with van der Waals surface area (Å²) in [4.78, 5) is 20.4. The normalized spacial score (nSPS) is 11.4. The maximum atomic E-state index is 11.5. The molecular formula is C18H20N8O2. The Morgan fingerprint density at radius 1 is 1.32 bits per heavy atom. The molecule has 0 saturated carbocycles. The van der Waals surface area contributed by atoms with Crippen LogP contribution in [0.15, 0.2) is 16.8 Å². The number of nitrogens with one attached hydrogen (secondary N) is 1. The summed E-state index contributed by atoms with van der Waals surface area (Å²) in [6.07, 6.45) is 0.382. The standard InChI is InChI=1S/C18H20N8O2/c1-9-12(13(20)14-16(23-9)26-28-25-14)6-11-5-4-10(7-19)15(24-11)22-8-18(2,3)17(21)27/h4-5H,6,8,20H2,1-3H3,(H2,21,27)(H,22,24). The topological polar surface area (TPSA) is 170 Å². The molecule has 28 heavy (non-hydrogen) atoms. The van der Waals surface area contributed by atoms with Crippen LogP contribution in [0.2, 0.25) is 0 Å². The summed E-state index contributed by atoms with van der Waals surface area (Å²) < 4.78 is 4.70. The smallest absolute Gasteiger partial charge is 0.226 e. The third kappa shape index (κ3) is 3.55. The lowest BCUT2D eigenvalue weighted by atomic mass is 9.93. The van der Waals surface area contributed by atoms with Crippen molar-refractivity contribution in [3.8, 4) is 6.07 Å². The fourth-order valence-corrected chi connectivity index (χ4v) is 2.61. The number of fused-ring (bicyclic) bond motifs is 1. The molecular weight excluding hydrogens is 360 g/mol. The number of nitrogens with two attached hydrogens (primary N) is 2. The number of nitriles is 1. The van der Waals surface area contributed by atoms with Gasteiger partial charge in [0, 0.05) is 29.9 Å². The number of hydrogen-bond donors (Lipinski definition) is 3. The molecule has 0 fully saturated rings. The van der Waals surface area contributed by atoms with E-state index in [1.54, 1.807) is 26.0 Å². The molecule has 3 rings (SSSR count). The summed E-state index contributed by atoms with van der Waals surface area (Å²) in [7, 11) is 0. The second-order valence-corrected chi connectivity index (χ2v) is 7.11. The van der Waals surface area contributed by atoms with Gasteiger partial charge in [0.1, 0.15) is 11.9 Å². The van der Waals surface area contributed by atoms with Crippen molar-refractivity contribution in [3.63, 3.8) is 0 Å². The van der Waals surface area contributed by atoms with Gasteiger partial charge in [-0.1, -0.05) is 0 Å². The van der Waals surface area contributed by atoms with E-state index in [0.717, 1.165) is 5.56 Å². The van der Waals surface area contributed by atoms with Gasteiger partial charge in [0.15, 0.2) is 5.52 Å². The van der Waals surface area contributed by atoms with E-state index < -0.39 is 11.3 Å². The molecule has 3 aromatic rings. The minimum atomic E-state index is -0.791. The van der Waals surface area contributed by atoms with Crippen molar-refractivity contribution in [1.29, 1.82) is 5.26 Å². The molecule has 3 aromatic heterocycles. The zero-order valence-electron chi connectivity index (χ0n) is 15.8. The van der Waals surface area contributed by atoms with Crippen molar-refractivity contribution < 1.29 is 9.42 Å². The van der Waals surface area contributed by atoms with E-state index in [9.17, 15) is 10.1 Å². The van der Waals surface area contributed by atoms with Gasteiger partial charge in [-0.05, 0) is 43.2 Å². The van der Waals surface area contributed by atoms with Crippen molar-refractivity contribution in [2.45, 2.75) is 27.2 Å². The number of nitrogens with zero attached hydrogens (tertiary/aromatic N) is 5. The van der Waals surface area contributed by atoms with Crippen LogP contribution >= 0.6 is 0 Å². The van der Waals surface area contributed by atoms with Crippen molar-refractivity contribution in [3.05, 3.63) is 34.6 Å². The van der Waals surface area contributed by atoms with Gasteiger partial charge in [-0.2, -0.15) is 5.26 Å². The number of pyridine rings is 2. The first kappa shape index (κ1) is 19.0. The molecule has 144 valence electrons. The number of carbonyl (C=O) groups excluding carboxylic acids is 1. The van der Waals surface area contributed by atoms with Gasteiger partial charge in [-0.15, -0.1) is 0 Å². The lowest BCUT2D eigenvalue weighted by Gasteiger charge is -2.21. The van der Waals surface area contributed by atoms with Crippen LogP contribution in [0.5, 0.6) is 0 Å². The highest BCUT2D eigenvalue weighted by molar-refractivity contribution is 5.85. The summed E-state index contributed by atoms with van der Waals surface area (Å²) >= 11 is 0. The van der Waals surface area contributed by atoms with Gasteiger partial charge >= 0.3 is 0 Å². The lowest BCUT2D eigenvalue weighted by molar-refractivity contribution is -0.125. The maximum Gasteiger partial charge on any atom is 0.226 e. The summed E-state index contributed by atoms with van der Waals surface area (Å²) in [5.74, 6) is -0.0682. The van der Waals surface area contributed by atoms with Crippen LogP contribution in [0.4, 0.5) is 11.5 Å². The van der Waals surface area contributed by atoms with E-state index in [1.165, 1.54) is 0 Å². The van der Waals surface area contributed by atoms with Crippen LogP contribution in [-0.4, -0.2) is 32.7 Å². The van der Waals surface area contributed by atoms with Gasteiger partial charge in [0.25, 0.3) is 0 Å². The molecule has 3 heterocycles. The first-order valence-corrected chi connectivity index (χ1v) is 8.54. The van der Waals surface area contributed by atoms with Crippen molar-refractivity contribution in [1.82, 2.24) is 20.3 Å².